The first-order valence-corrected chi connectivity index (χ1v) is 19.7. The Morgan fingerprint density at radius 3 is 2.21 bits per heavy atom. The summed E-state index contributed by atoms with van der Waals surface area (Å²) in [4.78, 5) is 21.6. The standard InChI is InChI=1S/C46H45ClF3N3O4/c1-32-26-36(27-42(47)45(32)57-43-18-17-41(29-51-43)56-31-35-10-14-39(15-11-35)46(48,49)50)12-19-44(54)53-23-21-52(22-24-53)30-34-8-6-33(7-9-34)20-25-55-40-16-13-37-4-2-3-5-38(37)28-40/h6-19,26-29H,2-5,20-25,30-31H2,1H3/b19-12+. The van der Waals surface area contributed by atoms with E-state index >= 15 is 0 Å². The van der Waals surface area contributed by atoms with Crippen molar-refractivity contribution < 1.29 is 32.2 Å². The smallest absolute Gasteiger partial charge is 0.416 e. The summed E-state index contributed by atoms with van der Waals surface area (Å²) < 4.78 is 56.2. The van der Waals surface area contributed by atoms with Crippen LogP contribution in [0, 0.1) is 6.92 Å². The van der Waals surface area contributed by atoms with Gasteiger partial charge in [-0.25, -0.2) is 4.98 Å². The van der Waals surface area contributed by atoms with Gasteiger partial charge in [-0.1, -0.05) is 54.1 Å². The van der Waals surface area contributed by atoms with Crippen molar-refractivity contribution >= 4 is 23.6 Å². The number of benzene rings is 4. The van der Waals surface area contributed by atoms with Crippen molar-refractivity contribution in [3.05, 3.63) is 153 Å². The minimum atomic E-state index is -4.39. The maximum atomic E-state index is 13.1. The first-order chi connectivity index (χ1) is 27.6. The Morgan fingerprint density at radius 2 is 1.51 bits per heavy atom. The number of ether oxygens (including phenoxy) is 3. The molecule has 1 aromatic heterocycles. The van der Waals surface area contributed by atoms with Crippen LogP contribution in [0.15, 0.2) is 103 Å². The molecule has 1 saturated heterocycles. The highest BCUT2D eigenvalue weighted by atomic mass is 35.5. The lowest BCUT2D eigenvalue weighted by Gasteiger charge is -2.34. The number of nitrogens with zero attached hydrogens (tertiary/aromatic N) is 3. The lowest BCUT2D eigenvalue weighted by molar-refractivity contribution is -0.137. The summed E-state index contributed by atoms with van der Waals surface area (Å²) in [6.45, 7) is 6.35. The molecular formula is C46H45ClF3N3O4. The highest BCUT2D eigenvalue weighted by Crippen LogP contribution is 2.34. The number of alkyl halides is 3. The van der Waals surface area contributed by atoms with Gasteiger partial charge in [0.05, 0.1) is 23.4 Å². The molecular weight excluding hydrogens is 751 g/mol. The van der Waals surface area contributed by atoms with Gasteiger partial charge in [0.2, 0.25) is 11.8 Å². The van der Waals surface area contributed by atoms with Crippen molar-refractivity contribution in [1.29, 1.82) is 0 Å². The predicted molar refractivity (Wildman–Crippen MR) is 216 cm³/mol. The molecule has 0 atom stereocenters. The van der Waals surface area contributed by atoms with Gasteiger partial charge in [-0.2, -0.15) is 13.2 Å². The Morgan fingerprint density at radius 1 is 0.807 bits per heavy atom. The number of carbonyl (C=O) groups excluding carboxylic acids is 1. The third kappa shape index (κ3) is 11.0. The summed E-state index contributed by atoms with van der Waals surface area (Å²) >= 11 is 6.60. The zero-order chi connectivity index (χ0) is 39.8. The van der Waals surface area contributed by atoms with Crippen LogP contribution in [0.5, 0.6) is 23.1 Å². The van der Waals surface area contributed by atoms with E-state index < -0.39 is 11.7 Å². The zero-order valence-electron chi connectivity index (χ0n) is 31.9. The predicted octanol–water partition coefficient (Wildman–Crippen LogP) is 10.3. The van der Waals surface area contributed by atoms with E-state index in [4.69, 9.17) is 25.8 Å². The molecule has 11 heteroatoms. The monoisotopic (exact) mass is 795 g/mol. The van der Waals surface area contributed by atoms with E-state index in [2.05, 4.69) is 52.3 Å². The molecule has 2 aliphatic rings. The molecule has 0 unspecified atom stereocenters. The largest absolute Gasteiger partial charge is 0.493 e. The van der Waals surface area contributed by atoms with Crippen LogP contribution in [0.1, 0.15) is 57.3 Å². The number of rotatable bonds is 13. The van der Waals surface area contributed by atoms with Crippen molar-refractivity contribution in [3.63, 3.8) is 0 Å². The Kier molecular flexibility index (Phi) is 12.8. The highest BCUT2D eigenvalue weighted by molar-refractivity contribution is 6.32. The van der Waals surface area contributed by atoms with Crippen molar-refractivity contribution in [2.75, 3.05) is 32.8 Å². The summed E-state index contributed by atoms with van der Waals surface area (Å²) in [6, 6.07) is 27.0. The molecule has 4 aromatic carbocycles. The summed E-state index contributed by atoms with van der Waals surface area (Å²) in [6.07, 6.45) is 6.17. The van der Waals surface area contributed by atoms with E-state index in [1.165, 1.54) is 59.8 Å². The van der Waals surface area contributed by atoms with Crippen LogP contribution in [0.3, 0.4) is 0 Å². The van der Waals surface area contributed by atoms with E-state index in [0.717, 1.165) is 61.5 Å². The number of hydrogen-bond donors (Lipinski definition) is 0. The summed E-state index contributed by atoms with van der Waals surface area (Å²) in [5, 5.41) is 0.367. The average Bonchev–Trinajstić information content (AvgIpc) is 3.21. The first kappa shape index (κ1) is 39.9. The molecule has 0 bridgehead atoms. The number of halogens is 4. The van der Waals surface area contributed by atoms with Crippen LogP contribution in [0.25, 0.3) is 6.08 Å². The fraction of sp³-hybridized carbons (Fsp3) is 0.304. The van der Waals surface area contributed by atoms with Gasteiger partial charge < -0.3 is 19.1 Å². The first-order valence-electron chi connectivity index (χ1n) is 19.3. The maximum absolute atomic E-state index is 13.1. The van der Waals surface area contributed by atoms with E-state index in [-0.39, 0.29) is 12.5 Å². The van der Waals surface area contributed by atoms with Crippen LogP contribution >= 0.6 is 11.6 Å². The molecule has 7 rings (SSSR count). The van der Waals surface area contributed by atoms with E-state index in [0.29, 0.717) is 47.7 Å². The van der Waals surface area contributed by atoms with Gasteiger partial charge in [-0.3, -0.25) is 9.69 Å². The molecule has 2 heterocycles. The summed E-state index contributed by atoms with van der Waals surface area (Å²) in [7, 11) is 0. The molecule has 1 aliphatic carbocycles. The van der Waals surface area contributed by atoms with Gasteiger partial charge in [0.15, 0.2) is 5.75 Å². The maximum Gasteiger partial charge on any atom is 0.416 e. The second-order valence-corrected chi connectivity index (χ2v) is 15.0. The molecule has 0 radical (unpaired) electrons. The van der Waals surface area contributed by atoms with E-state index in [1.807, 2.05) is 17.9 Å². The number of amides is 1. The second-order valence-electron chi connectivity index (χ2n) is 14.6. The molecule has 1 fully saturated rings. The molecule has 5 aromatic rings. The summed E-state index contributed by atoms with van der Waals surface area (Å²) in [5.74, 6) is 2.08. The second kappa shape index (κ2) is 18.3. The number of hydrogen-bond acceptors (Lipinski definition) is 6. The van der Waals surface area contributed by atoms with Crippen LogP contribution < -0.4 is 14.2 Å². The number of pyridine rings is 1. The fourth-order valence-electron chi connectivity index (χ4n) is 7.11. The van der Waals surface area contributed by atoms with Gasteiger partial charge in [0.1, 0.15) is 18.1 Å². The minimum absolute atomic E-state index is 0.0458. The van der Waals surface area contributed by atoms with Crippen molar-refractivity contribution in [2.45, 2.75) is 58.4 Å². The lowest BCUT2D eigenvalue weighted by atomic mass is 9.92. The van der Waals surface area contributed by atoms with Crippen molar-refractivity contribution in [3.8, 4) is 23.1 Å². The molecule has 0 saturated carbocycles. The van der Waals surface area contributed by atoms with Crippen LogP contribution in [-0.2, 0) is 43.4 Å². The lowest BCUT2D eigenvalue weighted by Crippen LogP contribution is -2.47. The fourth-order valence-corrected chi connectivity index (χ4v) is 7.43. The van der Waals surface area contributed by atoms with Gasteiger partial charge in [0.25, 0.3) is 0 Å². The van der Waals surface area contributed by atoms with Gasteiger partial charge in [-0.15, -0.1) is 0 Å². The van der Waals surface area contributed by atoms with Crippen LogP contribution in [0.2, 0.25) is 5.02 Å². The summed E-state index contributed by atoms with van der Waals surface area (Å²) in [5.41, 5.74) is 6.84. The Hall–Kier alpha value is -5.32. The third-order valence-electron chi connectivity index (χ3n) is 10.4. The SMILES string of the molecule is Cc1cc(/C=C/C(=O)N2CCN(Cc3ccc(CCOc4ccc5c(c4)CCCC5)cc3)CC2)cc(Cl)c1Oc1ccc(OCc2ccc(C(F)(F)F)cc2)cn1. The van der Waals surface area contributed by atoms with Gasteiger partial charge >= 0.3 is 6.18 Å². The molecule has 1 amide bonds. The van der Waals surface area contributed by atoms with Crippen LogP contribution in [0.4, 0.5) is 13.2 Å². The Labute approximate surface area is 336 Å². The number of aromatic nitrogens is 1. The number of fused-ring (bicyclic) bond motifs is 1. The molecule has 296 valence electrons. The normalized spacial score (nSPS) is 14.7. The number of carbonyl (C=O) groups is 1. The van der Waals surface area contributed by atoms with Gasteiger partial charge in [0, 0.05) is 51.3 Å². The molecule has 7 nitrogen and oxygen atoms in total. The Bertz CT molecular complexity index is 2140. The Balaban J connectivity index is 0.829. The number of piperazine rings is 1. The van der Waals surface area contributed by atoms with Crippen molar-refractivity contribution in [1.82, 2.24) is 14.8 Å². The average molecular weight is 796 g/mol. The van der Waals surface area contributed by atoms with Gasteiger partial charge in [-0.05, 0) is 120 Å². The third-order valence-corrected chi connectivity index (χ3v) is 10.6. The van der Waals surface area contributed by atoms with Crippen molar-refractivity contribution in [2.24, 2.45) is 0 Å². The van der Waals surface area contributed by atoms with Crippen LogP contribution in [-0.4, -0.2) is 53.5 Å². The van der Waals surface area contributed by atoms with E-state index in [1.54, 1.807) is 30.4 Å². The molecule has 1 aliphatic heterocycles. The molecule has 57 heavy (non-hydrogen) atoms. The quantitative estimate of drug-likeness (QED) is 0.111. The molecule has 0 spiro atoms. The minimum Gasteiger partial charge on any atom is -0.493 e. The zero-order valence-corrected chi connectivity index (χ0v) is 32.6. The van der Waals surface area contributed by atoms with E-state index in [9.17, 15) is 18.0 Å². The number of aryl methyl sites for hydroxylation is 3. The topological polar surface area (TPSA) is 64.1 Å². The highest BCUT2D eigenvalue weighted by Gasteiger charge is 2.30. The molecule has 0 N–H and O–H groups in total.